The Morgan fingerprint density at radius 3 is 2.54 bits per heavy atom. The Hall–Kier alpha value is -4.99. The standard InChI is InChI=1S/C40H49FN6O8S/c1-39(17-18-39)56(53,54)44-37(51)40-21-27(40)13-7-5-4-6-8-16-32(42-28-14-9-11-25(19-28)35(49)45(2)3)36(50)47-23-29(20-33(47)34(48)43-40)55-38(52)46-22-26-12-10-15-31(41)30(26)24-46/h7,9-15,19,27,29,32-33,42H,4-6,8,16-18,20-24H2,1-3H3,(H,43,48)(H,44,51)/b13-7-/t27-,29-,32+,33+,40-/m1/s1. The summed E-state index contributed by atoms with van der Waals surface area (Å²) in [4.78, 5) is 73.3. The molecular formula is C40H49FN6O8S. The van der Waals surface area contributed by atoms with E-state index < -0.39 is 74.0 Å². The average Bonchev–Trinajstić information content (AvgIpc) is 3.95. The molecule has 2 aromatic rings. The number of nitrogens with zero attached hydrogens (tertiary/aromatic N) is 3. The third kappa shape index (κ3) is 7.84. The lowest BCUT2D eigenvalue weighted by molar-refractivity contribution is -0.140. The van der Waals surface area contributed by atoms with Crippen molar-refractivity contribution in [1.29, 1.82) is 0 Å². The van der Waals surface area contributed by atoms with E-state index in [1.807, 2.05) is 12.2 Å². The van der Waals surface area contributed by atoms with Crippen molar-refractivity contribution in [2.75, 3.05) is 26.0 Å². The average molecular weight is 793 g/mol. The van der Waals surface area contributed by atoms with Gasteiger partial charge in [0.05, 0.1) is 17.8 Å². The van der Waals surface area contributed by atoms with E-state index in [4.69, 9.17) is 4.74 Å². The van der Waals surface area contributed by atoms with Crippen LogP contribution in [0.4, 0.5) is 14.9 Å². The van der Waals surface area contributed by atoms with Crippen molar-refractivity contribution in [2.24, 2.45) is 5.92 Å². The van der Waals surface area contributed by atoms with Gasteiger partial charge in [-0.2, -0.15) is 0 Å². The number of fused-ring (bicyclic) bond motifs is 3. The number of ether oxygens (including phenoxy) is 1. The first-order chi connectivity index (χ1) is 26.6. The predicted molar refractivity (Wildman–Crippen MR) is 204 cm³/mol. The first-order valence-corrected chi connectivity index (χ1v) is 20.8. The Morgan fingerprint density at radius 1 is 1.04 bits per heavy atom. The molecule has 0 aromatic heterocycles. The molecule has 2 saturated carbocycles. The molecule has 14 nitrogen and oxygen atoms in total. The molecule has 5 aliphatic rings. The van der Waals surface area contributed by atoms with E-state index in [0.717, 1.165) is 12.8 Å². The molecule has 5 atom stereocenters. The van der Waals surface area contributed by atoms with Crippen LogP contribution in [0.2, 0.25) is 0 Å². The van der Waals surface area contributed by atoms with Crippen molar-refractivity contribution in [1.82, 2.24) is 24.7 Å². The Labute approximate surface area is 326 Å². The lowest BCUT2D eigenvalue weighted by atomic mass is 10.0. The minimum Gasteiger partial charge on any atom is -0.444 e. The second-order valence-electron chi connectivity index (χ2n) is 16.2. The molecule has 5 amide bonds. The van der Waals surface area contributed by atoms with Crippen molar-refractivity contribution in [3.8, 4) is 0 Å². The fraction of sp³-hybridized carbons (Fsp3) is 0.525. The van der Waals surface area contributed by atoms with Crippen LogP contribution >= 0.6 is 0 Å². The zero-order valence-electron chi connectivity index (χ0n) is 31.9. The van der Waals surface area contributed by atoms with Gasteiger partial charge in [0.15, 0.2) is 0 Å². The maximum atomic E-state index is 14.7. The van der Waals surface area contributed by atoms with E-state index in [0.29, 0.717) is 54.5 Å². The SMILES string of the molecule is CN(C)C(=O)c1cccc(N[C@H]2CCCCC/C=C\[C@@H]3C[C@@]3(C(=O)NS(=O)(=O)C3(C)CC3)NC(=O)[C@@H]3C[C@@H](OC(=O)N4Cc5cccc(F)c5C4)CN3C2=O)c1. The number of carbonyl (C=O) groups is 5. The first-order valence-electron chi connectivity index (χ1n) is 19.3. The smallest absolute Gasteiger partial charge is 0.410 e. The highest BCUT2D eigenvalue weighted by molar-refractivity contribution is 7.91. The molecule has 0 radical (unpaired) electrons. The number of sulfonamides is 1. The van der Waals surface area contributed by atoms with Crippen molar-refractivity contribution in [3.63, 3.8) is 0 Å². The molecule has 3 fully saturated rings. The summed E-state index contributed by atoms with van der Waals surface area (Å²) in [7, 11) is -0.724. The molecule has 3 heterocycles. The molecule has 56 heavy (non-hydrogen) atoms. The fourth-order valence-electron chi connectivity index (χ4n) is 7.87. The van der Waals surface area contributed by atoms with Crippen molar-refractivity contribution < 1.29 is 41.5 Å². The Kier molecular flexibility index (Phi) is 10.6. The van der Waals surface area contributed by atoms with Gasteiger partial charge < -0.3 is 25.2 Å². The van der Waals surface area contributed by atoms with E-state index >= 15 is 0 Å². The molecule has 0 unspecified atom stereocenters. The minimum absolute atomic E-state index is 0.00991. The summed E-state index contributed by atoms with van der Waals surface area (Å²) in [5.41, 5.74) is 0.458. The number of carbonyl (C=O) groups excluding carboxylic acids is 5. The van der Waals surface area contributed by atoms with Crippen LogP contribution in [0.15, 0.2) is 54.6 Å². The molecule has 0 spiro atoms. The summed E-state index contributed by atoms with van der Waals surface area (Å²) in [6, 6.07) is 9.43. The topological polar surface area (TPSA) is 175 Å². The van der Waals surface area contributed by atoms with Crippen molar-refractivity contribution in [2.45, 2.75) is 106 Å². The molecule has 3 aliphatic heterocycles. The third-order valence-electron chi connectivity index (χ3n) is 11.8. The summed E-state index contributed by atoms with van der Waals surface area (Å²) in [6.07, 6.45) is 6.38. The van der Waals surface area contributed by atoms with E-state index in [1.54, 1.807) is 57.4 Å². The Morgan fingerprint density at radius 2 is 1.80 bits per heavy atom. The second kappa shape index (κ2) is 15.2. The number of nitrogens with one attached hydrogen (secondary N) is 3. The summed E-state index contributed by atoms with van der Waals surface area (Å²) < 4.78 is 47.9. The monoisotopic (exact) mass is 792 g/mol. The van der Waals surface area contributed by atoms with E-state index in [1.165, 1.54) is 20.8 Å². The van der Waals surface area contributed by atoms with Gasteiger partial charge in [-0.25, -0.2) is 17.6 Å². The van der Waals surface area contributed by atoms with Gasteiger partial charge in [0.2, 0.25) is 21.8 Å². The normalized spacial score (nSPS) is 27.6. The first kappa shape index (κ1) is 39.3. The van der Waals surface area contributed by atoms with Crippen LogP contribution in [0.1, 0.15) is 86.2 Å². The number of benzene rings is 2. The highest BCUT2D eigenvalue weighted by Crippen LogP contribution is 2.47. The number of amides is 5. The van der Waals surface area contributed by atoms with Gasteiger partial charge in [-0.05, 0) is 75.3 Å². The van der Waals surface area contributed by atoms with E-state index in [-0.39, 0.29) is 38.4 Å². The maximum absolute atomic E-state index is 14.7. The molecule has 3 N–H and O–H groups in total. The van der Waals surface area contributed by atoms with Crippen LogP contribution in [0.25, 0.3) is 0 Å². The molecule has 1 saturated heterocycles. The van der Waals surface area contributed by atoms with Gasteiger partial charge in [0, 0.05) is 49.8 Å². The van der Waals surface area contributed by atoms with Crippen molar-refractivity contribution in [3.05, 3.63) is 77.1 Å². The van der Waals surface area contributed by atoms with E-state index in [9.17, 15) is 36.8 Å². The maximum Gasteiger partial charge on any atom is 0.410 e. The van der Waals surface area contributed by atoms with Gasteiger partial charge in [-0.3, -0.25) is 28.8 Å². The number of hydrogen-bond acceptors (Lipinski definition) is 9. The van der Waals surface area contributed by atoms with Crippen LogP contribution in [0.5, 0.6) is 0 Å². The quantitative estimate of drug-likeness (QED) is 0.353. The van der Waals surface area contributed by atoms with Crippen LogP contribution in [-0.4, -0.2) is 102 Å². The third-order valence-corrected chi connectivity index (χ3v) is 13.9. The van der Waals surface area contributed by atoms with Crippen LogP contribution in [-0.2, 0) is 42.2 Å². The van der Waals surface area contributed by atoms with Gasteiger partial charge in [0.25, 0.3) is 11.8 Å². The minimum atomic E-state index is -4.02. The lowest BCUT2D eigenvalue weighted by Gasteiger charge is -2.30. The fourth-order valence-corrected chi connectivity index (χ4v) is 9.19. The Balaban J connectivity index is 1.16. The summed E-state index contributed by atoms with van der Waals surface area (Å²) >= 11 is 0. The van der Waals surface area contributed by atoms with Crippen molar-refractivity contribution >= 4 is 45.4 Å². The summed E-state index contributed by atoms with van der Waals surface area (Å²) in [5, 5.41) is 6.15. The lowest BCUT2D eigenvalue weighted by Crippen LogP contribution is -2.58. The van der Waals surface area contributed by atoms with Crippen LogP contribution in [0.3, 0.4) is 0 Å². The summed E-state index contributed by atoms with van der Waals surface area (Å²) in [6.45, 7) is 1.59. The molecule has 16 heteroatoms. The van der Waals surface area contributed by atoms with Gasteiger partial charge in [-0.15, -0.1) is 0 Å². The van der Waals surface area contributed by atoms with Gasteiger partial charge >= 0.3 is 6.09 Å². The van der Waals surface area contributed by atoms with Crippen LogP contribution in [0, 0.1) is 11.7 Å². The largest absolute Gasteiger partial charge is 0.444 e. The highest BCUT2D eigenvalue weighted by Gasteiger charge is 2.63. The zero-order chi connectivity index (χ0) is 40.0. The number of halogens is 1. The number of hydrogen-bond donors (Lipinski definition) is 3. The number of anilines is 1. The molecule has 7 rings (SSSR count). The van der Waals surface area contributed by atoms with Crippen LogP contribution < -0.4 is 15.4 Å². The molecule has 2 aromatic carbocycles. The second-order valence-corrected chi connectivity index (χ2v) is 18.4. The number of allylic oxidation sites excluding steroid dienone is 1. The molecule has 300 valence electrons. The van der Waals surface area contributed by atoms with Gasteiger partial charge in [0.1, 0.15) is 29.5 Å². The number of rotatable bonds is 7. The predicted octanol–water partition coefficient (Wildman–Crippen LogP) is 3.82. The zero-order valence-corrected chi connectivity index (χ0v) is 32.7. The molecular weight excluding hydrogens is 744 g/mol. The Bertz CT molecular complexity index is 2070. The highest BCUT2D eigenvalue weighted by atomic mass is 32.2. The summed E-state index contributed by atoms with van der Waals surface area (Å²) in [5.74, 6) is -3.05. The van der Waals surface area contributed by atoms with E-state index in [2.05, 4.69) is 15.4 Å². The molecule has 2 aliphatic carbocycles. The van der Waals surface area contributed by atoms with Gasteiger partial charge in [-0.1, -0.05) is 43.2 Å². The molecule has 0 bridgehead atoms.